The summed E-state index contributed by atoms with van der Waals surface area (Å²) in [4.78, 5) is 5.19. The summed E-state index contributed by atoms with van der Waals surface area (Å²) < 4.78 is 22.9. The van der Waals surface area contributed by atoms with E-state index in [1.165, 1.54) is 11.3 Å². The van der Waals surface area contributed by atoms with Gasteiger partial charge in [0.2, 0.25) is 0 Å². The van der Waals surface area contributed by atoms with Crippen molar-refractivity contribution in [3.05, 3.63) is 22.4 Å². The molecule has 8 heteroatoms. The van der Waals surface area contributed by atoms with E-state index in [1.807, 2.05) is 24.4 Å². The maximum absolute atomic E-state index is 11.5. The van der Waals surface area contributed by atoms with Crippen LogP contribution in [0.15, 0.2) is 22.5 Å². The monoisotopic (exact) mass is 347 g/mol. The van der Waals surface area contributed by atoms with Gasteiger partial charge in [-0.05, 0) is 25.3 Å². The van der Waals surface area contributed by atoms with Gasteiger partial charge >= 0.3 is 0 Å². The second-order valence-corrected chi connectivity index (χ2v) is 8.53. The number of nitrogens with zero attached hydrogens (tertiary/aromatic N) is 1. The van der Waals surface area contributed by atoms with Crippen LogP contribution in [0.5, 0.6) is 0 Å². The van der Waals surface area contributed by atoms with Crippen LogP contribution >= 0.6 is 11.3 Å². The fraction of sp³-hybridized carbons (Fsp3) is 0.643. The average Bonchev–Trinajstić information content (AvgIpc) is 3.00. The SMILES string of the molecule is CCNC(=NCC(C)(O)c1cccs1)NCCS(=O)(=O)CC. The molecule has 0 aromatic carbocycles. The molecule has 0 saturated carbocycles. The summed E-state index contributed by atoms with van der Waals surface area (Å²) in [5.41, 5.74) is -1.04. The van der Waals surface area contributed by atoms with Crippen LogP contribution in [0.4, 0.5) is 0 Å². The van der Waals surface area contributed by atoms with E-state index >= 15 is 0 Å². The van der Waals surface area contributed by atoms with E-state index in [1.54, 1.807) is 13.8 Å². The van der Waals surface area contributed by atoms with Crippen molar-refractivity contribution < 1.29 is 13.5 Å². The van der Waals surface area contributed by atoms with Crippen LogP contribution in [-0.4, -0.2) is 50.6 Å². The minimum atomic E-state index is -3.00. The fourth-order valence-electron chi connectivity index (χ4n) is 1.71. The maximum atomic E-state index is 11.5. The Morgan fingerprint density at radius 2 is 2.14 bits per heavy atom. The third-order valence-electron chi connectivity index (χ3n) is 3.09. The highest BCUT2D eigenvalue weighted by molar-refractivity contribution is 7.91. The lowest BCUT2D eigenvalue weighted by Gasteiger charge is -2.20. The van der Waals surface area contributed by atoms with E-state index in [9.17, 15) is 13.5 Å². The minimum Gasteiger partial charge on any atom is -0.383 e. The molecule has 0 saturated heterocycles. The lowest BCUT2D eigenvalue weighted by molar-refractivity contribution is 0.0711. The van der Waals surface area contributed by atoms with Crippen LogP contribution in [0.3, 0.4) is 0 Å². The van der Waals surface area contributed by atoms with Crippen LogP contribution in [0.25, 0.3) is 0 Å². The molecule has 0 bridgehead atoms. The van der Waals surface area contributed by atoms with Crippen molar-refractivity contribution in [2.24, 2.45) is 4.99 Å². The normalized spacial score (nSPS) is 15.4. The Kier molecular flexibility index (Phi) is 7.31. The lowest BCUT2D eigenvalue weighted by Crippen LogP contribution is -2.40. The Morgan fingerprint density at radius 1 is 1.41 bits per heavy atom. The van der Waals surface area contributed by atoms with Gasteiger partial charge in [-0.15, -0.1) is 11.3 Å². The van der Waals surface area contributed by atoms with E-state index in [2.05, 4.69) is 15.6 Å². The molecule has 3 N–H and O–H groups in total. The number of hydrogen-bond acceptors (Lipinski definition) is 5. The molecule has 22 heavy (non-hydrogen) atoms. The fourth-order valence-corrected chi connectivity index (χ4v) is 3.19. The van der Waals surface area contributed by atoms with E-state index < -0.39 is 15.4 Å². The molecule has 1 heterocycles. The third-order valence-corrected chi connectivity index (χ3v) is 5.92. The molecule has 0 fully saturated rings. The molecule has 0 amide bonds. The molecule has 6 nitrogen and oxygen atoms in total. The molecule has 1 rings (SSSR count). The number of aliphatic imine (C=N–C) groups is 1. The molecular formula is C14H25N3O3S2. The molecule has 1 atom stereocenters. The van der Waals surface area contributed by atoms with Crippen LogP contribution in [0, 0.1) is 0 Å². The Balaban J connectivity index is 2.62. The molecule has 0 aliphatic carbocycles. The topological polar surface area (TPSA) is 90.8 Å². The average molecular weight is 348 g/mol. The molecule has 0 spiro atoms. The zero-order valence-electron chi connectivity index (χ0n) is 13.3. The lowest BCUT2D eigenvalue weighted by atomic mass is 10.1. The standard InChI is InChI=1S/C14H25N3O3S2/c1-4-15-13(16-8-10-22(19,20)5-2)17-11-14(3,18)12-7-6-9-21-12/h6-7,9,18H,4-5,8,10-11H2,1-3H3,(H2,15,16,17). The largest absolute Gasteiger partial charge is 0.383 e. The van der Waals surface area contributed by atoms with Gasteiger partial charge in [-0.25, -0.2) is 13.4 Å². The summed E-state index contributed by atoms with van der Waals surface area (Å²) in [7, 11) is -3.00. The highest BCUT2D eigenvalue weighted by Crippen LogP contribution is 2.25. The van der Waals surface area contributed by atoms with Gasteiger partial charge in [-0.1, -0.05) is 13.0 Å². The van der Waals surface area contributed by atoms with Gasteiger partial charge in [0.1, 0.15) is 5.60 Å². The van der Waals surface area contributed by atoms with Gasteiger partial charge in [0, 0.05) is 23.7 Å². The summed E-state index contributed by atoms with van der Waals surface area (Å²) in [5.74, 6) is 0.704. The molecule has 0 aliphatic rings. The quantitative estimate of drug-likeness (QED) is 0.481. The number of sulfone groups is 1. The van der Waals surface area contributed by atoms with Gasteiger partial charge in [0.05, 0.1) is 12.3 Å². The van der Waals surface area contributed by atoms with Crippen molar-refractivity contribution in [1.29, 1.82) is 0 Å². The summed E-state index contributed by atoms with van der Waals surface area (Å²) in [6.45, 7) is 6.43. The summed E-state index contributed by atoms with van der Waals surface area (Å²) in [5, 5.41) is 18.4. The van der Waals surface area contributed by atoms with Gasteiger partial charge in [0.15, 0.2) is 15.8 Å². The van der Waals surface area contributed by atoms with Crippen molar-refractivity contribution in [2.75, 3.05) is 31.1 Å². The van der Waals surface area contributed by atoms with E-state index in [0.717, 1.165) is 4.88 Å². The highest BCUT2D eigenvalue weighted by Gasteiger charge is 2.24. The first kappa shape index (κ1) is 18.9. The predicted octanol–water partition coefficient (Wildman–Crippen LogP) is 0.945. The smallest absolute Gasteiger partial charge is 0.191 e. The van der Waals surface area contributed by atoms with Gasteiger partial charge < -0.3 is 15.7 Å². The van der Waals surface area contributed by atoms with Crippen molar-refractivity contribution in [3.63, 3.8) is 0 Å². The van der Waals surface area contributed by atoms with Crippen molar-refractivity contribution in [1.82, 2.24) is 10.6 Å². The van der Waals surface area contributed by atoms with Crippen LogP contribution in [0.2, 0.25) is 0 Å². The number of rotatable bonds is 8. The number of guanidine groups is 1. The van der Waals surface area contributed by atoms with Crippen molar-refractivity contribution in [2.45, 2.75) is 26.4 Å². The Hall–Kier alpha value is -1.12. The van der Waals surface area contributed by atoms with E-state index in [0.29, 0.717) is 19.0 Å². The molecule has 1 aromatic heterocycles. The zero-order valence-corrected chi connectivity index (χ0v) is 14.9. The first-order valence-corrected chi connectivity index (χ1v) is 10.00. The molecule has 0 radical (unpaired) electrons. The second kappa shape index (κ2) is 8.50. The molecule has 126 valence electrons. The van der Waals surface area contributed by atoms with Crippen molar-refractivity contribution >= 4 is 27.1 Å². The van der Waals surface area contributed by atoms with Crippen LogP contribution in [0.1, 0.15) is 25.6 Å². The van der Waals surface area contributed by atoms with Crippen LogP contribution in [-0.2, 0) is 15.4 Å². The summed E-state index contributed by atoms with van der Waals surface area (Å²) >= 11 is 1.48. The molecular weight excluding hydrogens is 322 g/mol. The van der Waals surface area contributed by atoms with E-state index in [4.69, 9.17) is 0 Å². The second-order valence-electron chi connectivity index (χ2n) is 5.11. The molecule has 1 unspecified atom stereocenters. The number of thiophene rings is 1. The third kappa shape index (κ3) is 6.33. The van der Waals surface area contributed by atoms with Crippen molar-refractivity contribution in [3.8, 4) is 0 Å². The minimum absolute atomic E-state index is 0.0647. The Morgan fingerprint density at radius 3 is 2.68 bits per heavy atom. The Labute approximate surface area is 136 Å². The first-order valence-electron chi connectivity index (χ1n) is 7.29. The summed E-state index contributed by atoms with van der Waals surface area (Å²) in [6.07, 6.45) is 0. The zero-order chi connectivity index (χ0) is 16.6. The number of nitrogens with one attached hydrogen (secondary N) is 2. The number of aliphatic hydroxyl groups is 1. The Bertz CT molecular complexity index is 566. The van der Waals surface area contributed by atoms with E-state index in [-0.39, 0.29) is 18.1 Å². The molecule has 0 aliphatic heterocycles. The maximum Gasteiger partial charge on any atom is 0.191 e. The number of hydrogen-bond donors (Lipinski definition) is 3. The van der Waals surface area contributed by atoms with Gasteiger partial charge in [0.25, 0.3) is 0 Å². The van der Waals surface area contributed by atoms with Gasteiger partial charge in [-0.3, -0.25) is 0 Å². The highest BCUT2D eigenvalue weighted by atomic mass is 32.2. The molecule has 1 aromatic rings. The summed E-state index contributed by atoms with van der Waals surface area (Å²) in [6, 6.07) is 3.76. The predicted molar refractivity (Wildman–Crippen MR) is 92.2 cm³/mol. The van der Waals surface area contributed by atoms with Gasteiger partial charge in [-0.2, -0.15) is 0 Å². The van der Waals surface area contributed by atoms with Crippen LogP contribution < -0.4 is 10.6 Å². The first-order chi connectivity index (χ1) is 10.3.